The molecule has 1 amide bonds. The van der Waals surface area contributed by atoms with E-state index in [1.165, 1.54) is 0 Å². The van der Waals surface area contributed by atoms with E-state index >= 15 is 0 Å². The van der Waals surface area contributed by atoms with Crippen molar-refractivity contribution in [2.24, 2.45) is 0 Å². The van der Waals surface area contributed by atoms with E-state index in [9.17, 15) is 10.1 Å². The summed E-state index contributed by atoms with van der Waals surface area (Å²) in [6, 6.07) is 9.43. The molecule has 1 fully saturated rings. The van der Waals surface area contributed by atoms with Crippen LogP contribution in [0, 0.1) is 11.3 Å². The maximum absolute atomic E-state index is 11.8. The molecule has 0 N–H and O–H groups in total. The van der Waals surface area contributed by atoms with Gasteiger partial charge in [-0.15, -0.1) is 0 Å². The van der Waals surface area contributed by atoms with E-state index in [0.717, 1.165) is 0 Å². The first-order valence-corrected chi connectivity index (χ1v) is 8.38. The van der Waals surface area contributed by atoms with Crippen molar-refractivity contribution in [1.82, 2.24) is 9.88 Å². The highest BCUT2D eigenvalue weighted by Crippen LogP contribution is 2.33. The molecular weight excluding hydrogens is 336 g/mol. The maximum Gasteiger partial charge on any atom is 0.409 e. The molecule has 2 aromatic rings. The third-order valence-electron chi connectivity index (χ3n) is 4.15. The number of amides is 1. The molecule has 0 spiro atoms. The summed E-state index contributed by atoms with van der Waals surface area (Å²) in [5.74, 6) is 1.37. The number of benzene rings is 1. The van der Waals surface area contributed by atoms with Crippen LogP contribution in [0.25, 0.3) is 11.5 Å². The predicted molar refractivity (Wildman–Crippen MR) is 94.0 cm³/mol. The average Bonchev–Trinajstić information content (AvgIpc) is 3.12. The van der Waals surface area contributed by atoms with Crippen LogP contribution in [-0.2, 0) is 4.74 Å². The Kier molecular flexibility index (Phi) is 5.27. The molecule has 0 radical (unpaired) electrons. The van der Waals surface area contributed by atoms with Crippen LogP contribution >= 0.6 is 0 Å². The van der Waals surface area contributed by atoms with Crippen LogP contribution in [0.4, 0.5) is 10.7 Å². The summed E-state index contributed by atoms with van der Waals surface area (Å²) in [7, 11) is 1.57. The molecule has 8 heteroatoms. The lowest BCUT2D eigenvalue weighted by Crippen LogP contribution is -2.49. The monoisotopic (exact) mass is 356 g/mol. The van der Waals surface area contributed by atoms with Gasteiger partial charge in [-0.2, -0.15) is 10.2 Å². The fourth-order valence-corrected chi connectivity index (χ4v) is 2.84. The fourth-order valence-electron chi connectivity index (χ4n) is 2.84. The molecular formula is C18H20N4O4. The minimum Gasteiger partial charge on any atom is -0.496 e. The molecule has 1 aliphatic heterocycles. The van der Waals surface area contributed by atoms with E-state index < -0.39 is 0 Å². The number of nitrogens with zero attached hydrogens (tertiary/aromatic N) is 4. The van der Waals surface area contributed by atoms with E-state index in [4.69, 9.17) is 13.9 Å². The SMILES string of the molecule is CCOC(=O)N1CCN(c2oc(-c3ccccc3OC)nc2C#N)CC1. The molecule has 1 aliphatic rings. The lowest BCUT2D eigenvalue weighted by Gasteiger charge is -2.33. The third kappa shape index (κ3) is 3.42. The average molecular weight is 356 g/mol. The van der Waals surface area contributed by atoms with Gasteiger partial charge in [-0.25, -0.2) is 4.79 Å². The Balaban J connectivity index is 1.81. The summed E-state index contributed by atoms with van der Waals surface area (Å²) in [6.07, 6.45) is -0.320. The highest BCUT2D eigenvalue weighted by molar-refractivity contribution is 5.68. The van der Waals surface area contributed by atoms with Gasteiger partial charge in [0.15, 0.2) is 0 Å². The highest BCUT2D eigenvalue weighted by Gasteiger charge is 2.27. The summed E-state index contributed by atoms with van der Waals surface area (Å²) < 4.78 is 16.3. The number of methoxy groups -OCH3 is 1. The number of anilines is 1. The summed E-state index contributed by atoms with van der Waals surface area (Å²) in [6.45, 7) is 4.19. The molecule has 0 saturated carbocycles. The van der Waals surface area contributed by atoms with Gasteiger partial charge in [-0.3, -0.25) is 0 Å². The van der Waals surface area contributed by atoms with Crippen molar-refractivity contribution in [2.45, 2.75) is 6.92 Å². The molecule has 1 aromatic carbocycles. The predicted octanol–water partition coefficient (Wildman–Crippen LogP) is 2.50. The first-order chi connectivity index (χ1) is 12.7. The molecule has 0 atom stereocenters. The summed E-state index contributed by atoms with van der Waals surface area (Å²) in [5, 5.41) is 9.43. The maximum atomic E-state index is 11.8. The van der Waals surface area contributed by atoms with Crippen molar-refractivity contribution in [3.05, 3.63) is 30.0 Å². The first kappa shape index (κ1) is 17.6. The van der Waals surface area contributed by atoms with Gasteiger partial charge < -0.3 is 23.7 Å². The number of nitriles is 1. The van der Waals surface area contributed by atoms with Gasteiger partial charge in [0.25, 0.3) is 0 Å². The van der Waals surface area contributed by atoms with Gasteiger partial charge in [-0.1, -0.05) is 12.1 Å². The van der Waals surface area contributed by atoms with E-state index in [1.54, 1.807) is 18.9 Å². The van der Waals surface area contributed by atoms with Gasteiger partial charge in [-0.05, 0) is 19.1 Å². The summed E-state index contributed by atoms with van der Waals surface area (Å²) in [5.41, 5.74) is 0.901. The highest BCUT2D eigenvalue weighted by atomic mass is 16.6. The number of carbonyl (C=O) groups is 1. The van der Waals surface area contributed by atoms with Crippen molar-refractivity contribution < 1.29 is 18.7 Å². The molecule has 1 aromatic heterocycles. The van der Waals surface area contributed by atoms with Crippen molar-refractivity contribution in [3.8, 4) is 23.3 Å². The Bertz CT molecular complexity index is 819. The van der Waals surface area contributed by atoms with E-state index in [1.807, 2.05) is 29.2 Å². The first-order valence-electron chi connectivity index (χ1n) is 8.38. The number of aromatic nitrogens is 1. The Morgan fingerprint density at radius 1 is 1.31 bits per heavy atom. The molecule has 2 heterocycles. The molecule has 3 rings (SSSR count). The lowest BCUT2D eigenvalue weighted by molar-refractivity contribution is 0.104. The topological polar surface area (TPSA) is 91.8 Å². The fraction of sp³-hybridized carbons (Fsp3) is 0.389. The Morgan fingerprint density at radius 2 is 2.04 bits per heavy atom. The van der Waals surface area contributed by atoms with Crippen LogP contribution in [0.3, 0.4) is 0 Å². The van der Waals surface area contributed by atoms with Crippen molar-refractivity contribution in [3.63, 3.8) is 0 Å². The molecule has 0 bridgehead atoms. The number of rotatable bonds is 4. The Hall–Kier alpha value is -3.21. The van der Waals surface area contributed by atoms with Crippen molar-refractivity contribution in [2.75, 3.05) is 44.8 Å². The number of hydrogen-bond acceptors (Lipinski definition) is 7. The smallest absolute Gasteiger partial charge is 0.409 e. The number of ether oxygens (including phenoxy) is 2. The van der Waals surface area contributed by atoms with Gasteiger partial charge in [0.2, 0.25) is 17.5 Å². The van der Waals surface area contributed by atoms with Crippen LogP contribution < -0.4 is 9.64 Å². The Labute approximate surface area is 151 Å². The van der Waals surface area contributed by atoms with Crippen molar-refractivity contribution in [1.29, 1.82) is 5.26 Å². The third-order valence-corrected chi connectivity index (χ3v) is 4.15. The molecule has 136 valence electrons. The van der Waals surface area contributed by atoms with Crippen molar-refractivity contribution >= 4 is 12.0 Å². The standard InChI is InChI=1S/C18H20N4O4/c1-3-25-18(23)22-10-8-21(9-11-22)17-14(12-19)20-16(26-17)13-6-4-5-7-15(13)24-2/h4-7H,3,8-11H2,1-2H3. The molecule has 26 heavy (non-hydrogen) atoms. The second kappa shape index (κ2) is 7.78. The summed E-state index contributed by atoms with van der Waals surface area (Å²) in [4.78, 5) is 19.7. The van der Waals surface area contributed by atoms with E-state index in [0.29, 0.717) is 55.9 Å². The number of hydrogen-bond donors (Lipinski definition) is 0. The molecule has 8 nitrogen and oxygen atoms in total. The minimum absolute atomic E-state index is 0.218. The van der Waals surface area contributed by atoms with E-state index in [-0.39, 0.29) is 11.8 Å². The number of oxazole rings is 1. The van der Waals surface area contributed by atoms with E-state index in [2.05, 4.69) is 11.1 Å². The number of para-hydroxylation sites is 1. The summed E-state index contributed by atoms with van der Waals surface area (Å²) >= 11 is 0. The zero-order valence-electron chi connectivity index (χ0n) is 14.8. The second-order valence-corrected chi connectivity index (χ2v) is 5.66. The Morgan fingerprint density at radius 3 is 2.69 bits per heavy atom. The zero-order valence-corrected chi connectivity index (χ0v) is 14.8. The molecule has 0 unspecified atom stereocenters. The number of piperazine rings is 1. The van der Waals surface area contributed by atoms with Crippen LogP contribution in [0.1, 0.15) is 12.6 Å². The van der Waals surface area contributed by atoms with Crippen LogP contribution in [0.15, 0.2) is 28.7 Å². The van der Waals surface area contributed by atoms with Crippen LogP contribution in [0.5, 0.6) is 5.75 Å². The zero-order chi connectivity index (χ0) is 18.5. The quantitative estimate of drug-likeness (QED) is 0.831. The van der Waals surface area contributed by atoms with Gasteiger partial charge in [0, 0.05) is 26.2 Å². The van der Waals surface area contributed by atoms with Gasteiger partial charge in [0.05, 0.1) is 19.3 Å². The molecule has 0 aliphatic carbocycles. The number of carbonyl (C=O) groups excluding carboxylic acids is 1. The second-order valence-electron chi connectivity index (χ2n) is 5.66. The molecule has 1 saturated heterocycles. The normalized spacial score (nSPS) is 14.0. The van der Waals surface area contributed by atoms with Gasteiger partial charge in [0.1, 0.15) is 11.8 Å². The van der Waals surface area contributed by atoms with Crippen LogP contribution in [-0.4, -0.2) is 55.9 Å². The minimum atomic E-state index is -0.320. The van der Waals surface area contributed by atoms with Gasteiger partial charge >= 0.3 is 6.09 Å². The largest absolute Gasteiger partial charge is 0.496 e. The van der Waals surface area contributed by atoms with Crippen LogP contribution in [0.2, 0.25) is 0 Å². The lowest BCUT2D eigenvalue weighted by atomic mass is 10.2.